The van der Waals surface area contributed by atoms with Crippen LogP contribution in [0, 0.1) is 0 Å². The number of halogens is 2. The van der Waals surface area contributed by atoms with Gasteiger partial charge in [-0.25, -0.2) is 0 Å². The van der Waals surface area contributed by atoms with Crippen LogP contribution in [0.4, 0.5) is 0 Å². The van der Waals surface area contributed by atoms with Crippen LogP contribution < -0.4 is 0 Å². The molecule has 0 aromatic carbocycles. The molecule has 0 saturated carbocycles. The SMILES string of the molecule is CC(OC1=C(O)C(O)C(OI)C(COI)O1)C(CO)OC(O)C(O)O. The molecule has 148 valence electrons. The molecule has 1 aliphatic heterocycles. The lowest BCUT2D eigenvalue weighted by atomic mass is 10.0. The number of rotatable bonds is 10. The van der Waals surface area contributed by atoms with Crippen molar-refractivity contribution < 1.29 is 51.0 Å². The van der Waals surface area contributed by atoms with Gasteiger partial charge in [-0.05, 0) is 6.92 Å². The Kier molecular flexibility index (Phi) is 10.4. The molecule has 0 aromatic heterocycles. The molecule has 6 unspecified atom stereocenters. The fourth-order valence-electron chi connectivity index (χ4n) is 1.93. The van der Waals surface area contributed by atoms with Gasteiger partial charge in [-0.1, -0.05) is 0 Å². The second-order valence-electron chi connectivity index (χ2n) is 5.09. The van der Waals surface area contributed by atoms with Gasteiger partial charge in [-0.15, -0.1) is 0 Å². The third-order valence-electron chi connectivity index (χ3n) is 3.32. The first-order valence-corrected chi connectivity index (χ1v) is 8.78. The van der Waals surface area contributed by atoms with Gasteiger partial charge in [0.25, 0.3) is 0 Å². The van der Waals surface area contributed by atoms with Crippen LogP contribution in [-0.2, 0) is 20.3 Å². The Morgan fingerprint density at radius 3 is 2.36 bits per heavy atom. The molecule has 0 bridgehead atoms. The molecular formula is C12H20I2O11. The molecule has 1 heterocycles. The van der Waals surface area contributed by atoms with E-state index < -0.39 is 61.4 Å². The van der Waals surface area contributed by atoms with Gasteiger partial charge in [-0.2, -0.15) is 0 Å². The van der Waals surface area contributed by atoms with Crippen LogP contribution in [0.1, 0.15) is 6.92 Å². The lowest BCUT2D eigenvalue weighted by Gasteiger charge is -2.35. The van der Waals surface area contributed by atoms with Crippen LogP contribution in [0.5, 0.6) is 0 Å². The molecule has 0 aromatic rings. The molecule has 6 atom stereocenters. The number of aliphatic hydroxyl groups is 6. The van der Waals surface area contributed by atoms with Crippen molar-refractivity contribution in [2.75, 3.05) is 13.2 Å². The van der Waals surface area contributed by atoms with E-state index in [4.69, 9.17) is 30.6 Å². The second-order valence-corrected chi connectivity index (χ2v) is 6.22. The van der Waals surface area contributed by atoms with E-state index in [1.807, 2.05) is 0 Å². The fraction of sp³-hybridized carbons (Fsp3) is 0.833. The van der Waals surface area contributed by atoms with Gasteiger partial charge in [0.1, 0.15) is 70.4 Å². The molecule has 13 heteroatoms. The van der Waals surface area contributed by atoms with E-state index in [1.165, 1.54) is 6.92 Å². The highest BCUT2D eigenvalue weighted by atomic mass is 127. The summed E-state index contributed by atoms with van der Waals surface area (Å²) in [5.74, 6) is -1.05. The van der Waals surface area contributed by atoms with E-state index in [-0.39, 0.29) is 6.61 Å². The number of hydrogen-bond acceptors (Lipinski definition) is 11. The molecule has 11 nitrogen and oxygen atoms in total. The Labute approximate surface area is 171 Å². The molecule has 1 rings (SSSR count). The first-order chi connectivity index (χ1) is 11.8. The Morgan fingerprint density at radius 1 is 1.24 bits per heavy atom. The average Bonchev–Trinajstić information content (AvgIpc) is 2.57. The average molecular weight is 594 g/mol. The predicted octanol–water partition coefficient (Wildman–Crippen LogP) is -1.01. The first kappa shape index (κ1) is 23.3. The maximum Gasteiger partial charge on any atom is 0.322 e. The number of aliphatic hydroxyl groups excluding tert-OH is 5. The Hall–Kier alpha value is 0.280. The summed E-state index contributed by atoms with van der Waals surface area (Å²) in [5, 5.41) is 56.3. The summed E-state index contributed by atoms with van der Waals surface area (Å²) in [6, 6.07) is 0. The largest absolute Gasteiger partial charge is 0.504 e. The topological polar surface area (TPSA) is 168 Å². The minimum Gasteiger partial charge on any atom is -0.504 e. The van der Waals surface area contributed by atoms with Crippen LogP contribution >= 0.6 is 46.0 Å². The van der Waals surface area contributed by atoms with Gasteiger partial charge in [-0.3, -0.25) is 0 Å². The van der Waals surface area contributed by atoms with E-state index in [9.17, 15) is 20.4 Å². The van der Waals surface area contributed by atoms with Crippen molar-refractivity contribution in [1.29, 1.82) is 0 Å². The number of ether oxygens (including phenoxy) is 3. The molecule has 1 aliphatic rings. The smallest absolute Gasteiger partial charge is 0.322 e. The summed E-state index contributed by atoms with van der Waals surface area (Å²) in [4.78, 5) is 0. The minimum absolute atomic E-state index is 0.0230. The predicted molar refractivity (Wildman–Crippen MR) is 96.1 cm³/mol. The van der Waals surface area contributed by atoms with Crippen LogP contribution in [0.2, 0.25) is 0 Å². The quantitative estimate of drug-likeness (QED) is 0.136. The summed E-state index contributed by atoms with van der Waals surface area (Å²) >= 11 is 3.18. The van der Waals surface area contributed by atoms with Gasteiger partial charge in [0.15, 0.2) is 6.10 Å². The maximum atomic E-state index is 10.1. The highest BCUT2D eigenvalue weighted by molar-refractivity contribution is 14.1. The number of hydrogen-bond donors (Lipinski definition) is 6. The zero-order valence-electron chi connectivity index (χ0n) is 12.9. The van der Waals surface area contributed by atoms with Crippen LogP contribution in [0.3, 0.4) is 0 Å². The van der Waals surface area contributed by atoms with Crippen molar-refractivity contribution in [3.05, 3.63) is 11.7 Å². The first-order valence-electron chi connectivity index (χ1n) is 7.02. The molecule has 0 fully saturated rings. The summed E-state index contributed by atoms with van der Waals surface area (Å²) in [6.07, 6.45) is -9.47. The van der Waals surface area contributed by atoms with Crippen LogP contribution in [0.15, 0.2) is 11.7 Å². The van der Waals surface area contributed by atoms with Gasteiger partial charge in [0.2, 0.25) is 18.3 Å². The van der Waals surface area contributed by atoms with Crippen molar-refractivity contribution in [3.63, 3.8) is 0 Å². The van der Waals surface area contributed by atoms with E-state index in [1.54, 1.807) is 46.0 Å². The molecule has 6 N–H and O–H groups in total. The van der Waals surface area contributed by atoms with Gasteiger partial charge >= 0.3 is 5.95 Å². The zero-order chi connectivity index (χ0) is 19.1. The molecule has 0 radical (unpaired) electrons. The maximum absolute atomic E-state index is 10.1. The van der Waals surface area contributed by atoms with Gasteiger partial charge in [0, 0.05) is 0 Å². The summed E-state index contributed by atoms with van der Waals surface area (Å²) in [5.41, 5.74) is 0. The van der Waals surface area contributed by atoms with Crippen molar-refractivity contribution in [3.8, 4) is 0 Å². The molecule has 25 heavy (non-hydrogen) atoms. The monoisotopic (exact) mass is 594 g/mol. The highest BCUT2D eigenvalue weighted by Crippen LogP contribution is 2.29. The Balaban J connectivity index is 2.85. The Bertz CT molecular complexity index is 435. The molecular weight excluding hydrogens is 574 g/mol. The van der Waals surface area contributed by atoms with Crippen molar-refractivity contribution in [2.45, 2.75) is 50.0 Å². The van der Waals surface area contributed by atoms with Gasteiger partial charge < -0.3 is 51.0 Å². The normalized spacial score (nSPS) is 27.8. The lowest BCUT2D eigenvalue weighted by Crippen LogP contribution is -2.48. The van der Waals surface area contributed by atoms with Gasteiger partial charge in [0.05, 0.1) is 13.2 Å². The molecule has 0 spiro atoms. The zero-order valence-corrected chi connectivity index (χ0v) is 17.3. The lowest BCUT2D eigenvalue weighted by molar-refractivity contribution is -0.266. The van der Waals surface area contributed by atoms with E-state index in [2.05, 4.69) is 0 Å². The molecule has 0 saturated heterocycles. The molecule has 0 aliphatic carbocycles. The molecule has 0 amide bonds. The summed E-state index contributed by atoms with van der Waals surface area (Å²) in [7, 11) is 0. The van der Waals surface area contributed by atoms with Crippen LogP contribution in [-0.4, -0.2) is 87.0 Å². The Morgan fingerprint density at radius 2 is 1.88 bits per heavy atom. The van der Waals surface area contributed by atoms with Crippen LogP contribution in [0.25, 0.3) is 0 Å². The third-order valence-corrected chi connectivity index (χ3v) is 4.27. The minimum atomic E-state index is -2.17. The third kappa shape index (κ3) is 6.43. The van der Waals surface area contributed by atoms with Crippen molar-refractivity contribution in [1.82, 2.24) is 0 Å². The van der Waals surface area contributed by atoms with Crippen molar-refractivity contribution >= 4 is 46.0 Å². The van der Waals surface area contributed by atoms with E-state index in [0.717, 1.165) is 0 Å². The standard InChI is InChI=1S/C12H20I2O11/c1-4(5(2-15)23-11(20)10(18)19)22-12-8(17)7(16)9(25-14)6(24-12)3-21-13/h4-7,9-11,15-20H,2-3H2,1H3. The summed E-state index contributed by atoms with van der Waals surface area (Å²) < 4.78 is 25.6. The van der Waals surface area contributed by atoms with E-state index in [0.29, 0.717) is 0 Å². The van der Waals surface area contributed by atoms with E-state index >= 15 is 0 Å². The summed E-state index contributed by atoms with van der Waals surface area (Å²) in [6.45, 7) is 0.800. The highest BCUT2D eigenvalue weighted by Gasteiger charge is 2.42. The fourth-order valence-corrected chi connectivity index (χ4v) is 2.89. The second kappa shape index (κ2) is 11.2. The van der Waals surface area contributed by atoms with Crippen molar-refractivity contribution in [2.24, 2.45) is 0 Å².